The van der Waals surface area contributed by atoms with Crippen molar-refractivity contribution in [3.05, 3.63) is 17.7 Å². The van der Waals surface area contributed by atoms with Crippen molar-refractivity contribution in [1.82, 2.24) is 14.9 Å². The number of ether oxygens (including phenoxy) is 2. The molecule has 0 spiro atoms. The van der Waals surface area contributed by atoms with Gasteiger partial charge in [0.1, 0.15) is 12.4 Å². The lowest BCUT2D eigenvalue weighted by molar-refractivity contribution is -0.127. The summed E-state index contributed by atoms with van der Waals surface area (Å²) in [6.07, 6.45) is 6.19. The molecule has 2 aliphatic heterocycles. The topological polar surface area (TPSA) is 65.4 Å². The Balaban J connectivity index is 1.39. The summed E-state index contributed by atoms with van der Waals surface area (Å²) < 4.78 is 13.0. The monoisotopic (exact) mass is 293 g/mol. The molecule has 0 unspecified atom stereocenters. The Morgan fingerprint density at radius 3 is 3.29 bits per heavy atom. The zero-order valence-electron chi connectivity index (χ0n) is 12.5. The number of nitrogens with zero attached hydrogens (tertiary/aromatic N) is 2. The number of amides is 1. The summed E-state index contributed by atoms with van der Waals surface area (Å²) in [6, 6.07) is 0.171. The van der Waals surface area contributed by atoms with Crippen molar-refractivity contribution >= 4 is 5.91 Å². The lowest BCUT2D eigenvalue weighted by Crippen LogP contribution is -2.42. The van der Waals surface area contributed by atoms with Crippen LogP contribution in [0.1, 0.15) is 30.8 Å². The van der Waals surface area contributed by atoms with Crippen LogP contribution < -0.4 is 5.32 Å². The second kappa shape index (κ2) is 6.58. The molecule has 3 heterocycles. The van der Waals surface area contributed by atoms with Gasteiger partial charge in [-0.25, -0.2) is 4.98 Å². The third-order valence-electron chi connectivity index (χ3n) is 4.04. The first-order valence-corrected chi connectivity index (χ1v) is 7.72. The van der Waals surface area contributed by atoms with E-state index in [1.54, 1.807) is 0 Å². The van der Waals surface area contributed by atoms with Gasteiger partial charge in [-0.05, 0) is 26.2 Å². The number of rotatable bonds is 5. The van der Waals surface area contributed by atoms with Crippen LogP contribution in [0, 0.1) is 6.92 Å². The number of nitrogens with one attached hydrogen (secondary N) is 1. The van der Waals surface area contributed by atoms with Gasteiger partial charge >= 0.3 is 0 Å². The summed E-state index contributed by atoms with van der Waals surface area (Å²) >= 11 is 0. The van der Waals surface area contributed by atoms with Gasteiger partial charge in [0.25, 0.3) is 0 Å². The van der Waals surface area contributed by atoms with Gasteiger partial charge in [-0.2, -0.15) is 0 Å². The lowest BCUT2D eigenvalue weighted by Gasteiger charge is -2.24. The number of fused-ring (bicyclic) bond motifs is 1. The minimum Gasteiger partial charge on any atom is -0.376 e. The third kappa shape index (κ3) is 3.83. The average Bonchev–Trinajstić information content (AvgIpc) is 3.06. The van der Waals surface area contributed by atoms with E-state index in [2.05, 4.69) is 14.9 Å². The molecule has 6 heteroatoms. The standard InChI is InChI=1S/C15H23N3O3/c1-11-7-18-8-12(4-5-14(18)16-11)17-15(19)10-20-9-13-3-2-6-21-13/h7,12-13H,2-6,8-10H2,1H3,(H,17,19)/t12-,13-/m0/s1. The maximum atomic E-state index is 11.9. The third-order valence-corrected chi connectivity index (χ3v) is 4.04. The number of carbonyl (C=O) groups excluding carboxylic acids is 1. The molecule has 1 amide bonds. The molecular formula is C15H23N3O3. The molecule has 0 bridgehead atoms. The highest BCUT2D eigenvalue weighted by molar-refractivity contribution is 5.77. The number of carbonyl (C=O) groups is 1. The molecule has 1 N–H and O–H groups in total. The molecule has 0 aliphatic carbocycles. The lowest BCUT2D eigenvalue weighted by atomic mass is 10.1. The summed E-state index contributed by atoms with van der Waals surface area (Å²) in [5.41, 5.74) is 1.04. The van der Waals surface area contributed by atoms with Crippen LogP contribution in [-0.4, -0.2) is 47.4 Å². The maximum absolute atomic E-state index is 11.9. The highest BCUT2D eigenvalue weighted by atomic mass is 16.5. The van der Waals surface area contributed by atoms with Crippen LogP contribution in [0.5, 0.6) is 0 Å². The number of hydrogen-bond donors (Lipinski definition) is 1. The second-order valence-corrected chi connectivity index (χ2v) is 5.90. The van der Waals surface area contributed by atoms with Crippen molar-refractivity contribution in [1.29, 1.82) is 0 Å². The summed E-state index contributed by atoms with van der Waals surface area (Å²) in [6.45, 7) is 4.25. The fraction of sp³-hybridized carbons (Fsp3) is 0.733. The fourth-order valence-corrected chi connectivity index (χ4v) is 3.03. The first-order valence-electron chi connectivity index (χ1n) is 7.72. The van der Waals surface area contributed by atoms with Gasteiger partial charge in [0.2, 0.25) is 5.91 Å². The van der Waals surface area contributed by atoms with Crippen LogP contribution in [-0.2, 0) is 27.2 Å². The van der Waals surface area contributed by atoms with E-state index >= 15 is 0 Å². The molecule has 2 aliphatic rings. The van der Waals surface area contributed by atoms with E-state index in [1.165, 1.54) is 0 Å². The molecule has 21 heavy (non-hydrogen) atoms. The number of hydrogen-bond acceptors (Lipinski definition) is 4. The summed E-state index contributed by atoms with van der Waals surface area (Å²) in [5.74, 6) is 1.07. The molecule has 1 aromatic heterocycles. The molecule has 3 rings (SSSR count). The SMILES string of the molecule is Cc1cn2c(n1)CC[C@H](NC(=O)COC[C@@H]1CCCO1)C2. The van der Waals surface area contributed by atoms with E-state index < -0.39 is 0 Å². The summed E-state index contributed by atoms with van der Waals surface area (Å²) in [5, 5.41) is 3.04. The van der Waals surface area contributed by atoms with Gasteiger partial charge in [-0.15, -0.1) is 0 Å². The average molecular weight is 293 g/mol. The number of aromatic nitrogens is 2. The van der Waals surface area contributed by atoms with E-state index in [9.17, 15) is 4.79 Å². The van der Waals surface area contributed by atoms with Gasteiger partial charge in [0.05, 0.1) is 18.4 Å². The maximum Gasteiger partial charge on any atom is 0.246 e. The zero-order chi connectivity index (χ0) is 14.7. The van der Waals surface area contributed by atoms with Crippen molar-refractivity contribution in [2.24, 2.45) is 0 Å². The van der Waals surface area contributed by atoms with Crippen LogP contribution in [0.2, 0.25) is 0 Å². The molecule has 1 aromatic rings. The highest BCUT2D eigenvalue weighted by Gasteiger charge is 2.21. The normalized spacial score (nSPS) is 24.8. The van der Waals surface area contributed by atoms with Gasteiger partial charge < -0.3 is 19.4 Å². The minimum atomic E-state index is -0.0433. The first-order chi connectivity index (χ1) is 10.2. The molecule has 6 nitrogen and oxygen atoms in total. The zero-order valence-corrected chi connectivity index (χ0v) is 12.5. The molecule has 1 fully saturated rings. The molecule has 2 atom stereocenters. The van der Waals surface area contributed by atoms with Crippen molar-refractivity contribution < 1.29 is 14.3 Å². The predicted molar refractivity (Wildman–Crippen MR) is 77.0 cm³/mol. The molecule has 0 saturated carbocycles. The largest absolute Gasteiger partial charge is 0.376 e. The van der Waals surface area contributed by atoms with E-state index in [-0.39, 0.29) is 24.7 Å². The Morgan fingerprint density at radius 1 is 1.57 bits per heavy atom. The van der Waals surface area contributed by atoms with Crippen LogP contribution in [0.15, 0.2) is 6.20 Å². The van der Waals surface area contributed by atoms with Crippen molar-refractivity contribution in [2.75, 3.05) is 19.8 Å². The van der Waals surface area contributed by atoms with E-state index in [0.29, 0.717) is 6.61 Å². The van der Waals surface area contributed by atoms with Gasteiger partial charge in [0, 0.05) is 31.8 Å². The summed E-state index contributed by atoms with van der Waals surface area (Å²) in [7, 11) is 0. The molecule has 0 aromatic carbocycles. The van der Waals surface area contributed by atoms with Crippen LogP contribution in [0.3, 0.4) is 0 Å². The smallest absolute Gasteiger partial charge is 0.246 e. The minimum absolute atomic E-state index is 0.0433. The number of imidazole rings is 1. The molecular weight excluding hydrogens is 270 g/mol. The molecule has 1 saturated heterocycles. The molecule has 0 radical (unpaired) electrons. The van der Waals surface area contributed by atoms with E-state index in [4.69, 9.17) is 9.47 Å². The quantitative estimate of drug-likeness (QED) is 0.873. The van der Waals surface area contributed by atoms with Gasteiger partial charge in [-0.3, -0.25) is 4.79 Å². The molecule has 116 valence electrons. The van der Waals surface area contributed by atoms with Gasteiger partial charge in [0.15, 0.2) is 0 Å². The van der Waals surface area contributed by atoms with Gasteiger partial charge in [-0.1, -0.05) is 0 Å². The van der Waals surface area contributed by atoms with Crippen molar-refractivity contribution in [2.45, 2.75) is 51.3 Å². The second-order valence-electron chi connectivity index (χ2n) is 5.90. The Labute approximate surface area is 124 Å². The fourth-order valence-electron chi connectivity index (χ4n) is 3.03. The Hall–Kier alpha value is -1.40. The van der Waals surface area contributed by atoms with Crippen LogP contribution >= 0.6 is 0 Å². The van der Waals surface area contributed by atoms with Crippen molar-refractivity contribution in [3.63, 3.8) is 0 Å². The van der Waals surface area contributed by atoms with E-state index in [1.807, 2.05) is 13.1 Å². The predicted octanol–water partition coefficient (Wildman–Crippen LogP) is 0.818. The van der Waals surface area contributed by atoms with E-state index in [0.717, 1.165) is 50.4 Å². The highest BCUT2D eigenvalue weighted by Crippen LogP contribution is 2.15. The van der Waals surface area contributed by atoms with Crippen molar-refractivity contribution in [3.8, 4) is 0 Å². The first kappa shape index (κ1) is 14.5. The Bertz CT molecular complexity index is 494. The number of aryl methyl sites for hydroxylation is 2. The Kier molecular flexibility index (Phi) is 4.55. The Morgan fingerprint density at radius 2 is 2.48 bits per heavy atom. The van der Waals surface area contributed by atoms with Crippen LogP contribution in [0.25, 0.3) is 0 Å². The van der Waals surface area contributed by atoms with Crippen LogP contribution in [0.4, 0.5) is 0 Å². The summed E-state index contributed by atoms with van der Waals surface area (Å²) in [4.78, 5) is 16.4.